The second-order valence-corrected chi connectivity index (χ2v) is 8.50. The van der Waals surface area contributed by atoms with Crippen molar-refractivity contribution >= 4 is 0 Å². The summed E-state index contributed by atoms with van der Waals surface area (Å²) in [7, 11) is 0. The molecule has 2 N–H and O–H groups in total. The van der Waals surface area contributed by atoms with Crippen molar-refractivity contribution in [2.75, 3.05) is 0 Å². The summed E-state index contributed by atoms with van der Waals surface area (Å²) in [5.41, 5.74) is -0.144. The van der Waals surface area contributed by atoms with Crippen molar-refractivity contribution in [3.63, 3.8) is 0 Å². The lowest BCUT2D eigenvalue weighted by Crippen LogP contribution is -2.56. The fourth-order valence-corrected chi connectivity index (χ4v) is 2.85. The van der Waals surface area contributed by atoms with E-state index in [1.807, 2.05) is 34.6 Å². The van der Waals surface area contributed by atoms with Gasteiger partial charge in [-0.1, -0.05) is 41.5 Å². The summed E-state index contributed by atoms with van der Waals surface area (Å²) < 4.78 is 15.2. The zero-order valence-electron chi connectivity index (χ0n) is 16.7. The van der Waals surface area contributed by atoms with Crippen LogP contribution in [-0.2, 0) is 11.2 Å². The Kier molecular flexibility index (Phi) is 7.47. The molecule has 0 spiro atoms. The maximum absolute atomic E-state index is 10.6. The van der Waals surface area contributed by atoms with Crippen molar-refractivity contribution in [2.24, 2.45) is 17.3 Å². The number of aryl methyl sites for hydroxylation is 1. The van der Waals surface area contributed by atoms with Gasteiger partial charge < -0.3 is 23.8 Å². The molecule has 1 fully saturated rings. The molecule has 2 rings (SSSR count). The molecule has 6 heteroatoms. The minimum Gasteiger partial charge on any atom is -0.396 e. The Hall–Kier alpha value is -1.11. The SMILES string of the molecule is CC1OC(C(C)(C)C)C(O)C(O)C1C.Cc1oc(=O)oc1CC(C)C. The summed E-state index contributed by atoms with van der Waals surface area (Å²) in [6.07, 6.45) is -0.983. The highest BCUT2D eigenvalue weighted by atomic mass is 16.6. The summed E-state index contributed by atoms with van der Waals surface area (Å²) >= 11 is 0. The van der Waals surface area contributed by atoms with Gasteiger partial charge in [-0.3, -0.25) is 0 Å². The Labute approximate surface area is 150 Å². The highest BCUT2D eigenvalue weighted by molar-refractivity contribution is 5.00. The highest BCUT2D eigenvalue weighted by Gasteiger charge is 2.44. The van der Waals surface area contributed by atoms with E-state index in [2.05, 4.69) is 13.8 Å². The lowest BCUT2D eigenvalue weighted by molar-refractivity contribution is -0.218. The van der Waals surface area contributed by atoms with Crippen molar-refractivity contribution in [3.05, 3.63) is 22.1 Å². The molecule has 2 heterocycles. The molecule has 0 amide bonds. The van der Waals surface area contributed by atoms with E-state index in [0.29, 0.717) is 17.4 Å². The van der Waals surface area contributed by atoms with Crippen LogP contribution in [0, 0.1) is 24.2 Å². The molecule has 5 atom stereocenters. The smallest absolute Gasteiger partial charge is 0.396 e. The molecule has 0 aromatic carbocycles. The van der Waals surface area contributed by atoms with Gasteiger partial charge in [0.25, 0.3) is 0 Å². The number of hydrogen-bond acceptors (Lipinski definition) is 6. The molecule has 1 saturated heterocycles. The van der Waals surface area contributed by atoms with E-state index in [1.165, 1.54) is 0 Å². The van der Waals surface area contributed by atoms with Crippen LogP contribution in [0.4, 0.5) is 0 Å². The second kappa shape index (κ2) is 8.52. The minimum absolute atomic E-state index is 0.00220. The van der Waals surface area contributed by atoms with E-state index in [1.54, 1.807) is 6.92 Å². The van der Waals surface area contributed by atoms with Crippen LogP contribution in [0.25, 0.3) is 0 Å². The lowest BCUT2D eigenvalue weighted by atomic mass is 9.78. The standard InChI is InChI=1S/C11H22O3.C8H12O3/c1-6-7(2)14-10(11(3,4)5)9(13)8(6)12;1-5(2)4-7-6(3)10-8(9)11-7/h6-10,12-13H,1-5H3;5H,4H2,1-3H3. The van der Waals surface area contributed by atoms with Gasteiger partial charge in [-0.15, -0.1) is 0 Å². The van der Waals surface area contributed by atoms with Gasteiger partial charge in [0.15, 0.2) is 0 Å². The topological polar surface area (TPSA) is 93.0 Å². The van der Waals surface area contributed by atoms with Gasteiger partial charge in [0.05, 0.1) is 18.3 Å². The molecule has 25 heavy (non-hydrogen) atoms. The molecule has 146 valence electrons. The van der Waals surface area contributed by atoms with Crippen LogP contribution in [0.1, 0.15) is 60.0 Å². The predicted molar refractivity (Wildman–Crippen MR) is 95.5 cm³/mol. The van der Waals surface area contributed by atoms with E-state index < -0.39 is 18.0 Å². The maximum atomic E-state index is 10.6. The summed E-state index contributed by atoms with van der Waals surface area (Å²) in [6.45, 7) is 15.7. The summed E-state index contributed by atoms with van der Waals surface area (Å²) in [5, 5.41) is 19.7. The third kappa shape index (κ3) is 5.97. The Morgan fingerprint density at radius 1 is 1.08 bits per heavy atom. The Bertz CT molecular complexity index is 579. The number of aliphatic hydroxyl groups excluding tert-OH is 2. The highest BCUT2D eigenvalue weighted by Crippen LogP contribution is 2.34. The van der Waals surface area contributed by atoms with Crippen molar-refractivity contribution < 1.29 is 23.8 Å². The van der Waals surface area contributed by atoms with E-state index in [0.717, 1.165) is 6.42 Å². The van der Waals surface area contributed by atoms with Gasteiger partial charge in [0.2, 0.25) is 0 Å². The summed E-state index contributed by atoms with van der Waals surface area (Å²) in [5.74, 6) is 1.14. The normalized spacial score (nSPS) is 30.1. The van der Waals surface area contributed by atoms with Gasteiger partial charge in [-0.05, 0) is 25.2 Å². The Morgan fingerprint density at radius 2 is 1.64 bits per heavy atom. The molecule has 1 aromatic rings. The fourth-order valence-electron chi connectivity index (χ4n) is 2.85. The van der Waals surface area contributed by atoms with Crippen LogP contribution >= 0.6 is 0 Å². The first-order chi connectivity index (χ1) is 11.3. The third-order valence-corrected chi connectivity index (χ3v) is 4.58. The zero-order valence-corrected chi connectivity index (χ0v) is 16.7. The van der Waals surface area contributed by atoms with Gasteiger partial charge >= 0.3 is 5.82 Å². The number of aliphatic hydroxyl groups is 2. The Morgan fingerprint density at radius 3 is 2.04 bits per heavy atom. The number of rotatable bonds is 2. The van der Waals surface area contributed by atoms with Crippen LogP contribution in [0.2, 0.25) is 0 Å². The molecule has 0 aliphatic carbocycles. The average Bonchev–Trinajstić information content (AvgIpc) is 2.77. The molecule has 0 saturated carbocycles. The van der Waals surface area contributed by atoms with E-state index in [4.69, 9.17) is 13.6 Å². The maximum Gasteiger partial charge on any atom is 0.519 e. The molecule has 1 aromatic heterocycles. The van der Waals surface area contributed by atoms with Gasteiger partial charge in [-0.25, -0.2) is 4.79 Å². The lowest BCUT2D eigenvalue weighted by Gasteiger charge is -2.45. The van der Waals surface area contributed by atoms with Gasteiger partial charge in [0, 0.05) is 12.3 Å². The first-order valence-corrected chi connectivity index (χ1v) is 8.95. The molecular weight excluding hydrogens is 324 g/mol. The van der Waals surface area contributed by atoms with Crippen LogP contribution in [0.15, 0.2) is 13.6 Å². The van der Waals surface area contributed by atoms with Crippen molar-refractivity contribution in [3.8, 4) is 0 Å². The van der Waals surface area contributed by atoms with Crippen molar-refractivity contribution in [2.45, 2.75) is 86.2 Å². The van der Waals surface area contributed by atoms with E-state index in [9.17, 15) is 15.0 Å². The van der Waals surface area contributed by atoms with Crippen LogP contribution < -0.4 is 5.82 Å². The minimum atomic E-state index is -0.777. The second-order valence-electron chi connectivity index (χ2n) is 8.50. The van der Waals surface area contributed by atoms with Crippen molar-refractivity contribution in [1.82, 2.24) is 0 Å². The predicted octanol–water partition coefficient (Wildman–Crippen LogP) is 2.92. The van der Waals surface area contributed by atoms with Crippen molar-refractivity contribution in [1.29, 1.82) is 0 Å². The molecule has 6 nitrogen and oxygen atoms in total. The number of hydrogen-bond donors (Lipinski definition) is 2. The summed E-state index contributed by atoms with van der Waals surface area (Å²) in [6, 6.07) is 0. The molecule has 0 bridgehead atoms. The van der Waals surface area contributed by atoms with Gasteiger partial charge in [0.1, 0.15) is 17.6 Å². The zero-order chi connectivity index (χ0) is 19.5. The first-order valence-electron chi connectivity index (χ1n) is 8.95. The van der Waals surface area contributed by atoms with Crippen LogP contribution in [0.3, 0.4) is 0 Å². The van der Waals surface area contributed by atoms with Crippen LogP contribution in [-0.4, -0.2) is 34.6 Å². The van der Waals surface area contributed by atoms with Crippen LogP contribution in [0.5, 0.6) is 0 Å². The monoisotopic (exact) mass is 358 g/mol. The summed E-state index contributed by atoms with van der Waals surface area (Å²) in [4.78, 5) is 10.6. The third-order valence-electron chi connectivity index (χ3n) is 4.58. The van der Waals surface area contributed by atoms with E-state index >= 15 is 0 Å². The fraction of sp³-hybridized carbons (Fsp3) is 0.842. The largest absolute Gasteiger partial charge is 0.519 e. The molecule has 1 aliphatic rings. The molecule has 0 radical (unpaired) electrons. The molecule has 5 unspecified atom stereocenters. The Balaban J connectivity index is 0.000000257. The average molecular weight is 358 g/mol. The van der Waals surface area contributed by atoms with E-state index in [-0.39, 0.29) is 23.5 Å². The first kappa shape index (κ1) is 21.9. The number of ether oxygens (including phenoxy) is 1. The quantitative estimate of drug-likeness (QED) is 0.844. The molecule has 1 aliphatic heterocycles. The van der Waals surface area contributed by atoms with Gasteiger partial charge in [-0.2, -0.15) is 0 Å². The molecular formula is C19H34O6.